The molecule has 2 aliphatic rings. The molecule has 0 saturated carbocycles. The van der Waals surface area contributed by atoms with E-state index in [0.29, 0.717) is 4.90 Å². The molecule has 1 aromatic rings. The first kappa shape index (κ1) is 97.0. The molecule has 10 atom stereocenters. The van der Waals surface area contributed by atoms with Crippen molar-refractivity contribution < 1.29 is 402 Å². The van der Waals surface area contributed by atoms with Gasteiger partial charge in [-0.25, -0.2) is 71.5 Å². The predicted octanol–water partition coefficient (Wildman–Crippen LogP) is -33.3. The van der Waals surface area contributed by atoms with Gasteiger partial charge in [-0.05, 0) is 5.56 Å². The van der Waals surface area contributed by atoms with Crippen LogP contribution >= 0.6 is 0 Å². The van der Waals surface area contributed by atoms with Crippen LogP contribution in [-0.2, 0) is 152 Å². The number of hydrogen-bond donors (Lipinski definition) is 1. The fraction of sp³-hybridized carbons (Fsp3) is 0.680. The summed E-state index contributed by atoms with van der Waals surface area (Å²) in [5, 5.41) is 2.04. The molecule has 1 N–H and O–H groups in total. The number of amides is 2. The van der Waals surface area contributed by atoms with E-state index in [0.717, 1.165) is 0 Å². The maximum atomic E-state index is 13.7. The van der Waals surface area contributed by atoms with Gasteiger partial charge < -0.3 is 65.6 Å². The van der Waals surface area contributed by atoms with Gasteiger partial charge in [0.2, 0.25) is 101 Å². The SMILES string of the molecule is O=C(CN(Cc1ccccc1)C(=O)CO[C@@H]1[C@H](OS(=O)(=O)[O-])O[C@H](COS(=O)(=O)[O-])[C@H](OS(=O)(=O)[O-])[C@H]1OS(=O)(=O)[O-])NCCO[C@H]1O[C@@H](COS(=O)(=O)[O-])[C@@H](OS(=O)(=O)[O-])[C@H](OS(=O)(=O)[O-])[C@H]1OS(=O)(=O)[O-].[Na+].[Na+].[Na+].[Na+].[Na+].[Na+].[Na+].[Na+]. The van der Waals surface area contributed by atoms with E-state index in [1.165, 1.54) is 30.3 Å². The summed E-state index contributed by atoms with van der Waals surface area (Å²) >= 11 is 0. The maximum absolute atomic E-state index is 13.7. The molecule has 0 unspecified atom stereocenters. The summed E-state index contributed by atoms with van der Waals surface area (Å²) in [4.78, 5) is 27.4. The normalized spacial score (nSPS) is 23.4. The summed E-state index contributed by atoms with van der Waals surface area (Å²) < 4.78 is 328. The Labute approximate surface area is 639 Å². The average Bonchev–Trinajstić information content (AvgIpc) is 3.17. The number of nitrogens with zero attached hydrogens (tertiary/aromatic N) is 1. The molecule has 56 heteroatoms. The fourth-order valence-corrected chi connectivity index (χ4v) is 9.41. The van der Waals surface area contributed by atoms with Gasteiger partial charge in [-0.15, -0.1) is 0 Å². The minimum absolute atomic E-state index is 0. The summed E-state index contributed by atoms with van der Waals surface area (Å²) in [7, 11) is -48.7. The predicted molar refractivity (Wildman–Crippen MR) is 203 cm³/mol. The molecule has 0 bridgehead atoms. The second-order valence-electron chi connectivity index (χ2n) is 13.6. The zero-order valence-corrected chi connectivity index (χ0v) is 65.4. The summed E-state index contributed by atoms with van der Waals surface area (Å²) in [6, 6.07) is 6.89. The Morgan fingerprint density at radius 3 is 1.20 bits per heavy atom. The van der Waals surface area contributed by atoms with Crippen molar-refractivity contribution in [2.75, 3.05) is 39.5 Å². The Morgan fingerprint density at radius 2 is 0.815 bits per heavy atom. The molecule has 2 amide bonds. The number of nitrogens with one attached hydrogen (secondary N) is 1. The van der Waals surface area contributed by atoms with Gasteiger partial charge in [-0.3, -0.25) is 38.9 Å². The van der Waals surface area contributed by atoms with E-state index in [1.54, 1.807) is 0 Å². The summed E-state index contributed by atoms with van der Waals surface area (Å²) in [6.07, 6.45) is -29.3. The quantitative estimate of drug-likeness (QED) is 0.0337. The van der Waals surface area contributed by atoms with Crippen LogP contribution in [0.1, 0.15) is 5.56 Å². The van der Waals surface area contributed by atoms with Crippen LogP contribution < -0.4 is 242 Å². The molecule has 2 aliphatic heterocycles. The average molecular weight is 1410 g/mol. The number of benzene rings is 1. The first-order valence-corrected chi connectivity index (χ1v) is 28.8. The molecule has 424 valence electrons. The number of ether oxygens (including phenoxy) is 4. The Kier molecular flexibility index (Phi) is 49.9. The third-order valence-electron chi connectivity index (χ3n) is 8.30. The van der Waals surface area contributed by atoms with Gasteiger partial charge >= 0.3 is 236 Å². The van der Waals surface area contributed by atoms with E-state index in [9.17, 15) is 113 Å². The molecule has 40 nitrogen and oxygen atoms in total. The molecular formula is C25H30N2Na8O38S8. The van der Waals surface area contributed by atoms with Gasteiger partial charge in [0.1, 0.15) is 49.3 Å². The Hall–Kier alpha value is 4.96. The van der Waals surface area contributed by atoms with Crippen molar-refractivity contribution in [3.63, 3.8) is 0 Å². The topological polar surface area (TPSA) is 618 Å². The Morgan fingerprint density at radius 1 is 0.457 bits per heavy atom. The van der Waals surface area contributed by atoms with E-state index in [4.69, 9.17) is 18.9 Å². The van der Waals surface area contributed by atoms with Crippen molar-refractivity contribution in [2.24, 2.45) is 0 Å². The van der Waals surface area contributed by atoms with Gasteiger partial charge in [-0.2, -0.15) is 0 Å². The van der Waals surface area contributed by atoms with Crippen LogP contribution in [0.4, 0.5) is 0 Å². The first-order chi connectivity index (χ1) is 33.0. The van der Waals surface area contributed by atoms with Crippen molar-refractivity contribution in [3.05, 3.63) is 35.9 Å². The number of carbonyl (C=O) groups excluding carboxylic acids is 2. The molecule has 0 radical (unpaired) electrons. The molecule has 1 aromatic carbocycles. The van der Waals surface area contributed by atoms with E-state index in [1.807, 2.05) is 5.32 Å². The van der Waals surface area contributed by atoms with Crippen LogP contribution in [0.25, 0.3) is 0 Å². The third-order valence-corrected chi connectivity index (χ3v) is 11.9. The van der Waals surface area contributed by atoms with Crippen molar-refractivity contribution in [1.82, 2.24) is 10.2 Å². The largest absolute Gasteiger partial charge is 1.00 e. The van der Waals surface area contributed by atoms with Gasteiger partial charge in [0.15, 0.2) is 12.4 Å². The van der Waals surface area contributed by atoms with Crippen LogP contribution in [-0.4, -0.2) is 221 Å². The maximum Gasteiger partial charge on any atom is 1.00 e. The molecule has 3 rings (SSSR count). The smallest absolute Gasteiger partial charge is 0.726 e. The number of rotatable bonds is 29. The summed E-state index contributed by atoms with van der Waals surface area (Å²) in [6.45, 7) is -9.03. The standard InChI is InChI=1S/C25H38N2O38S8.8Na/c28-16(26-6-7-54-24-23(64-72(48,49)50)21(63-71(45,46)47)19(61-69(39,40)41)14(58-24)10-56-66(30,31)32)9-27(8-13-4-2-1-3-5-13)17(29)12-55-22-20(62-70(42,43)44)18(60-68(36,37)38)15(11-57-67(33,34)35)59-25(22)65-73(51,52)53;;;;;;;;/h1-5,14-15,18-25H,6-12H2,(H,26,28)(H,30,31,32)(H,33,34,35)(H,36,37,38)(H,39,40,41)(H,42,43,44)(H,45,46,47)(H,48,49,50)(H,51,52,53);;;;;;;;/q;8*+1/p-8/t14-,15+,18-,19+,20+,21-,22-,23+,24-,25-;;;;;;;;/m0......../s1. The second kappa shape index (κ2) is 41.6. The fourth-order valence-electron chi connectivity index (χ4n) is 5.95. The van der Waals surface area contributed by atoms with Crippen LogP contribution in [0.3, 0.4) is 0 Å². The summed E-state index contributed by atoms with van der Waals surface area (Å²) in [5.41, 5.74) is 0.164. The molecule has 2 heterocycles. The summed E-state index contributed by atoms with van der Waals surface area (Å²) in [5.74, 6) is -2.76. The molecule has 2 fully saturated rings. The zero-order valence-electron chi connectivity index (χ0n) is 42.8. The minimum atomic E-state index is -6.25. The Bertz CT molecular complexity index is 3030. The van der Waals surface area contributed by atoms with E-state index in [2.05, 4.69) is 33.5 Å². The van der Waals surface area contributed by atoms with Gasteiger partial charge in [0.25, 0.3) is 0 Å². The minimum Gasteiger partial charge on any atom is -0.726 e. The van der Waals surface area contributed by atoms with Crippen molar-refractivity contribution in [1.29, 1.82) is 0 Å². The zero-order chi connectivity index (χ0) is 55.8. The number of carbonyl (C=O) groups is 2. The third kappa shape index (κ3) is 41.3. The first-order valence-electron chi connectivity index (χ1n) is 18.1. The van der Waals surface area contributed by atoms with Crippen LogP contribution in [0.2, 0.25) is 0 Å². The van der Waals surface area contributed by atoms with Crippen LogP contribution in [0, 0.1) is 0 Å². The van der Waals surface area contributed by atoms with E-state index >= 15 is 0 Å². The molecule has 81 heavy (non-hydrogen) atoms. The number of hydrogen-bond acceptors (Lipinski definition) is 38. The van der Waals surface area contributed by atoms with Crippen molar-refractivity contribution in [2.45, 2.75) is 68.0 Å². The van der Waals surface area contributed by atoms with Gasteiger partial charge in [0.05, 0.1) is 26.4 Å². The van der Waals surface area contributed by atoms with E-state index < -0.39 is 202 Å². The molecular weight excluding hydrogens is 1380 g/mol. The van der Waals surface area contributed by atoms with Crippen molar-refractivity contribution >= 4 is 95.0 Å². The van der Waals surface area contributed by atoms with Crippen LogP contribution in [0.15, 0.2) is 30.3 Å². The molecule has 0 aromatic heterocycles. The van der Waals surface area contributed by atoms with Gasteiger partial charge in [-0.1, -0.05) is 30.3 Å². The Balaban J connectivity index is -0.00000176. The molecule has 0 spiro atoms. The van der Waals surface area contributed by atoms with Crippen LogP contribution in [0.5, 0.6) is 0 Å². The van der Waals surface area contributed by atoms with E-state index in [-0.39, 0.29) is 242 Å². The second-order valence-corrected chi connectivity index (χ2v) is 21.7. The molecule has 2 saturated heterocycles. The molecule has 0 aliphatic carbocycles. The van der Waals surface area contributed by atoms with Crippen molar-refractivity contribution in [3.8, 4) is 0 Å². The monoisotopic (exact) mass is 1410 g/mol. The van der Waals surface area contributed by atoms with Gasteiger partial charge in [0, 0.05) is 13.1 Å².